The third-order valence-corrected chi connectivity index (χ3v) is 5.65. The Hall–Kier alpha value is -2.99. The molecule has 0 spiro atoms. The van der Waals surface area contributed by atoms with E-state index < -0.39 is 5.60 Å². The average Bonchev–Trinajstić information content (AvgIpc) is 3.08. The summed E-state index contributed by atoms with van der Waals surface area (Å²) in [5.41, 5.74) is 9.35. The van der Waals surface area contributed by atoms with Gasteiger partial charge in [-0.25, -0.2) is 4.98 Å². The van der Waals surface area contributed by atoms with Crippen molar-refractivity contribution in [1.29, 1.82) is 0 Å². The van der Waals surface area contributed by atoms with Crippen LogP contribution in [0.2, 0.25) is 0 Å². The maximum Gasteiger partial charge on any atom is 0.181 e. The molecule has 0 saturated carbocycles. The minimum atomic E-state index is -0.422. The van der Waals surface area contributed by atoms with Crippen LogP contribution in [0, 0.1) is 0 Å². The zero-order valence-corrected chi connectivity index (χ0v) is 17.8. The summed E-state index contributed by atoms with van der Waals surface area (Å²) in [5.74, 6) is 2.36. The Morgan fingerprint density at radius 1 is 1.14 bits per heavy atom. The van der Waals surface area contributed by atoms with Crippen molar-refractivity contribution in [2.24, 2.45) is 0 Å². The SMILES string of the molecule is CCOc1ccc(-c2sc(N)nc2-c2ccc(OC)c3c2OC(C)(C)C=C3)cc1. The predicted molar refractivity (Wildman–Crippen MR) is 119 cm³/mol. The number of nitrogens with zero attached hydrogens (tertiary/aromatic N) is 1. The molecular formula is C23H24N2O3S. The summed E-state index contributed by atoms with van der Waals surface area (Å²) in [6.45, 7) is 6.66. The summed E-state index contributed by atoms with van der Waals surface area (Å²) < 4.78 is 17.4. The topological polar surface area (TPSA) is 66.6 Å². The fourth-order valence-electron chi connectivity index (χ4n) is 3.38. The predicted octanol–water partition coefficient (Wildman–Crippen LogP) is 5.65. The molecule has 1 aromatic heterocycles. The van der Waals surface area contributed by atoms with Crippen molar-refractivity contribution < 1.29 is 14.2 Å². The van der Waals surface area contributed by atoms with Gasteiger partial charge in [-0.05, 0) is 74.9 Å². The summed E-state index contributed by atoms with van der Waals surface area (Å²) >= 11 is 1.46. The Bertz CT molecular complexity index is 1070. The Morgan fingerprint density at radius 2 is 1.90 bits per heavy atom. The minimum Gasteiger partial charge on any atom is -0.496 e. The van der Waals surface area contributed by atoms with Crippen LogP contribution in [-0.4, -0.2) is 24.3 Å². The van der Waals surface area contributed by atoms with Gasteiger partial charge in [-0.2, -0.15) is 0 Å². The van der Waals surface area contributed by atoms with E-state index in [1.54, 1.807) is 7.11 Å². The number of anilines is 1. The van der Waals surface area contributed by atoms with E-state index in [9.17, 15) is 0 Å². The number of nitrogens with two attached hydrogens (primary N) is 1. The number of thiazole rings is 1. The molecular weight excluding hydrogens is 384 g/mol. The van der Waals surface area contributed by atoms with E-state index in [-0.39, 0.29) is 0 Å². The van der Waals surface area contributed by atoms with E-state index in [0.29, 0.717) is 11.7 Å². The Morgan fingerprint density at radius 3 is 2.59 bits per heavy atom. The van der Waals surface area contributed by atoms with Crippen molar-refractivity contribution in [1.82, 2.24) is 4.98 Å². The molecule has 5 nitrogen and oxygen atoms in total. The second-order valence-corrected chi connectivity index (χ2v) is 8.31. The maximum atomic E-state index is 6.34. The van der Waals surface area contributed by atoms with Crippen LogP contribution in [0.5, 0.6) is 17.2 Å². The molecule has 4 rings (SSSR count). The van der Waals surface area contributed by atoms with E-state index in [4.69, 9.17) is 19.9 Å². The number of ether oxygens (including phenoxy) is 3. The summed E-state index contributed by atoms with van der Waals surface area (Å²) in [5, 5.41) is 0.513. The molecule has 0 radical (unpaired) electrons. The Labute approximate surface area is 174 Å². The van der Waals surface area contributed by atoms with Crippen LogP contribution in [0.3, 0.4) is 0 Å². The molecule has 1 aliphatic heterocycles. The molecule has 0 atom stereocenters. The van der Waals surface area contributed by atoms with Crippen molar-refractivity contribution in [3.05, 3.63) is 48.0 Å². The molecule has 1 aliphatic rings. The average molecular weight is 409 g/mol. The lowest BCUT2D eigenvalue weighted by molar-refractivity contribution is 0.159. The number of methoxy groups -OCH3 is 1. The van der Waals surface area contributed by atoms with Crippen LogP contribution in [0.25, 0.3) is 27.8 Å². The van der Waals surface area contributed by atoms with E-state index in [0.717, 1.165) is 44.5 Å². The molecule has 2 heterocycles. The highest BCUT2D eigenvalue weighted by Gasteiger charge is 2.28. The number of benzene rings is 2. The first kappa shape index (κ1) is 19.3. The third kappa shape index (κ3) is 3.68. The fourth-order valence-corrected chi connectivity index (χ4v) is 4.23. The molecule has 0 amide bonds. The summed E-state index contributed by atoms with van der Waals surface area (Å²) in [6.07, 6.45) is 4.08. The lowest BCUT2D eigenvalue weighted by Crippen LogP contribution is -2.28. The van der Waals surface area contributed by atoms with Crippen LogP contribution in [0.4, 0.5) is 5.13 Å². The van der Waals surface area contributed by atoms with Gasteiger partial charge in [0.25, 0.3) is 0 Å². The molecule has 2 aromatic carbocycles. The van der Waals surface area contributed by atoms with Gasteiger partial charge in [0, 0.05) is 5.56 Å². The highest BCUT2D eigenvalue weighted by molar-refractivity contribution is 7.19. The molecule has 0 saturated heterocycles. The molecule has 0 bridgehead atoms. The van der Waals surface area contributed by atoms with Gasteiger partial charge < -0.3 is 19.9 Å². The molecule has 6 heteroatoms. The lowest BCUT2D eigenvalue weighted by atomic mass is 9.96. The van der Waals surface area contributed by atoms with E-state index in [1.165, 1.54) is 11.3 Å². The van der Waals surface area contributed by atoms with E-state index in [1.807, 2.05) is 69.3 Å². The number of aromatic nitrogens is 1. The zero-order valence-electron chi connectivity index (χ0n) is 17.0. The maximum absolute atomic E-state index is 6.34. The van der Waals surface area contributed by atoms with Gasteiger partial charge in [-0.3, -0.25) is 0 Å². The highest BCUT2D eigenvalue weighted by Crippen LogP contribution is 2.47. The second kappa shape index (κ2) is 7.44. The number of fused-ring (bicyclic) bond motifs is 1. The highest BCUT2D eigenvalue weighted by atomic mass is 32.1. The van der Waals surface area contributed by atoms with Gasteiger partial charge in [0.2, 0.25) is 0 Å². The van der Waals surface area contributed by atoms with Crippen molar-refractivity contribution in [3.8, 4) is 38.9 Å². The summed E-state index contributed by atoms with van der Waals surface area (Å²) in [6, 6.07) is 11.9. The number of hydrogen-bond acceptors (Lipinski definition) is 6. The zero-order chi connectivity index (χ0) is 20.6. The minimum absolute atomic E-state index is 0.422. The summed E-state index contributed by atoms with van der Waals surface area (Å²) in [7, 11) is 1.66. The quantitative estimate of drug-likeness (QED) is 0.591. The number of hydrogen-bond donors (Lipinski definition) is 1. The molecule has 0 unspecified atom stereocenters. The monoisotopic (exact) mass is 408 g/mol. The molecule has 0 aliphatic carbocycles. The summed E-state index contributed by atoms with van der Waals surface area (Å²) in [4.78, 5) is 5.64. The van der Waals surface area contributed by atoms with Gasteiger partial charge in [0.1, 0.15) is 22.8 Å². The molecule has 2 N–H and O–H groups in total. The number of rotatable bonds is 5. The normalized spacial score (nSPS) is 14.2. The Kier molecular flexibility index (Phi) is 4.96. The largest absolute Gasteiger partial charge is 0.496 e. The van der Waals surface area contributed by atoms with Crippen LogP contribution in [0.1, 0.15) is 26.3 Å². The van der Waals surface area contributed by atoms with Crippen LogP contribution in [0.15, 0.2) is 42.5 Å². The smallest absolute Gasteiger partial charge is 0.181 e. The van der Waals surface area contributed by atoms with Gasteiger partial charge in [-0.15, -0.1) is 0 Å². The second-order valence-electron chi connectivity index (χ2n) is 7.28. The van der Waals surface area contributed by atoms with E-state index in [2.05, 4.69) is 4.98 Å². The molecule has 0 fully saturated rings. The van der Waals surface area contributed by atoms with Crippen LogP contribution >= 0.6 is 11.3 Å². The van der Waals surface area contributed by atoms with Gasteiger partial charge >= 0.3 is 0 Å². The molecule has 150 valence electrons. The van der Waals surface area contributed by atoms with Crippen LogP contribution in [-0.2, 0) is 0 Å². The van der Waals surface area contributed by atoms with Gasteiger partial charge in [0.15, 0.2) is 5.13 Å². The first-order valence-electron chi connectivity index (χ1n) is 9.51. The Balaban J connectivity index is 1.86. The van der Waals surface area contributed by atoms with Crippen molar-refractivity contribution >= 4 is 22.5 Å². The van der Waals surface area contributed by atoms with Crippen molar-refractivity contribution in [2.75, 3.05) is 19.5 Å². The number of nitrogen functional groups attached to an aromatic ring is 1. The molecule has 3 aromatic rings. The van der Waals surface area contributed by atoms with E-state index >= 15 is 0 Å². The lowest BCUT2D eigenvalue weighted by Gasteiger charge is -2.30. The van der Waals surface area contributed by atoms with Crippen molar-refractivity contribution in [2.45, 2.75) is 26.4 Å². The van der Waals surface area contributed by atoms with Crippen molar-refractivity contribution in [3.63, 3.8) is 0 Å². The first-order chi connectivity index (χ1) is 13.9. The third-order valence-electron chi connectivity index (χ3n) is 4.72. The fraction of sp³-hybridized carbons (Fsp3) is 0.261. The molecule has 29 heavy (non-hydrogen) atoms. The van der Waals surface area contributed by atoms with Crippen LogP contribution < -0.4 is 19.9 Å². The standard InChI is InChI=1S/C23H24N2O3S/c1-5-27-15-8-6-14(7-9-15)21-19(25-22(24)29-21)17-10-11-18(26-4)16-12-13-23(2,3)28-20(16)17/h6-13H,5H2,1-4H3,(H2,24,25). The van der Waals surface area contributed by atoms with Gasteiger partial charge in [-0.1, -0.05) is 11.3 Å². The van der Waals surface area contributed by atoms with Gasteiger partial charge in [0.05, 0.1) is 29.9 Å². The first-order valence-corrected chi connectivity index (χ1v) is 10.3.